The SMILES string of the molecule is Cc1c(NC(C)C)cncc1-c1cc(N)c2cnc(NC(=O)[C@H]3C[C@@H]3C#N)cc2c1. The van der Waals surface area contributed by atoms with Crippen molar-refractivity contribution >= 4 is 33.9 Å². The number of benzene rings is 1. The molecule has 0 unspecified atom stereocenters. The highest BCUT2D eigenvalue weighted by molar-refractivity contribution is 6.00. The van der Waals surface area contributed by atoms with Gasteiger partial charge in [0.1, 0.15) is 5.82 Å². The lowest BCUT2D eigenvalue weighted by molar-refractivity contribution is -0.117. The molecule has 0 bridgehead atoms. The van der Waals surface area contributed by atoms with Crippen molar-refractivity contribution in [3.63, 3.8) is 0 Å². The first-order valence-electron chi connectivity index (χ1n) is 9.98. The van der Waals surface area contributed by atoms with E-state index in [4.69, 9.17) is 11.0 Å². The normalized spacial score (nSPS) is 17.6. The molecular formula is C23H24N6O. The highest BCUT2D eigenvalue weighted by Crippen LogP contribution is 2.39. The number of rotatable bonds is 5. The molecule has 1 amide bonds. The highest BCUT2D eigenvalue weighted by atomic mass is 16.2. The fourth-order valence-electron chi connectivity index (χ4n) is 3.63. The number of nitrogens with two attached hydrogens (primary N) is 1. The van der Waals surface area contributed by atoms with Crippen molar-refractivity contribution in [1.82, 2.24) is 9.97 Å². The summed E-state index contributed by atoms with van der Waals surface area (Å²) in [6.07, 6.45) is 5.94. The van der Waals surface area contributed by atoms with Crippen LogP contribution in [0.2, 0.25) is 0 Å². The molecular weight excluding hydrogens is 376 g/mol. The van der Waals surface area contributed by atoms with E-state index in [2.05, 4.69) is 47.4 Å². The summed E-state index contributed by atoms with van der Waals surface area (Å²) in [4.78, 5) is 21.0. The van der Waals surface area contributed by atoms with E-state index in [0.29, 0.717) is 24.0 Å². The molecule has 1 aliphatic carbocycles. The van der Waals surface area contributed by atoms with Gasteiger partial charge in [0.2, 0.25) is 5.91 Å². The molecule has 7 nitrogen and oxygen atoms in total. The Balaban J connectivity index is 1.69. The van der Waals surface area contributed by atoms with Crippen molar-refractivity contribution in [2.24, 2.45) is 11.8 Å². The number of nitriles is 1. The van der Waals surface area contributed by atoms with Gasteiger partial charge in [0.05, 0.1) is 29.8 Å². The third-order valence-electron chi connectivity index (χ3n) is 5.38. The molecule has 1 saturated carbocycles. The van der Waals surface area contributed by atoms with Crippen LogP contribution in [-0.4, -0.2) is 21.9 Å². The van der Waals surface area contributed by atoms with Gasteiger partial charge < -0.3 is 16.4 Å². The number of hydrogen-bond donors (Lipinski definition) is 3. The van der Waals surface area contributed by atoms with E-state index in [9.17, 15) is 4.79 Å². The van der Waals surface area contributed by atoms with Gasteiger partial charge in [0.15, 0.2) is 0 Å². The first kappa shape index (κ1) is 19.6. The molecule has 3 aromatic rings. The van der Waals surface area contributed by atoms with E-state index >= 15 is 0 Å². The van der Waals surface area contributed by atoms with Crippen molar-refractivity contribution in [3.05, 3.63) is 42.4 Å². The van der Waals surface area contributed by atoms with Gasteiger partial charge in [-0.15, -0.1) is 0 Å². The Morgan fingerprint density at radius 2 is 2.07 bits per heavy atom. The number of fused-ring (bicyclic) bond motifs is 1. The maximum Gasteiger partial charge on any atom is 0.230 e. The summed E-state index contributed by atoms with van der Waals surface area (Å²) in [6.45, 7) is 6.23. The third kappa shape index (κ3) is 3.77. The molecule has 0 radical (unpaired) electrons. The van der Waals surface area contributed by atoms with E-state index in [1.165, 1.54) is 0 Å². The molecule has 4 rings (SSSR count). The Bertz CT molecular complexity index is 1180. The maximum absolute atomic E-state index is 12.3. The Morgan fingerprint density at radius 3 is 2.77 bits per heavy atom. The predicted octanol–water partition coefficient (Wildman–Crippen LogP) is 4.11. The molecule has 0 spiro atoms. The monoisotopic (exact) mass is 400 g/mol. The van der Waals surface area contributed by atoms with Gasteiger partial charge in [-0.2, -0.15) is 5.26 Å². The largest absolute Gasteiger partial charge is 0.398 e. The molecule has 0 saturated heterocycles. The average Bonchev–Trinajstić information content (AvgIpc) is 3.49. The number of hydrogen-bond acceptors (Lipinski definition) is 6. The van der Waals surface area contributed by atoms with Crippen molar-refractivity contribution in [3.8, 4) is 17.2 Å². The fourth-order valence-corrected chi connectivity index (χ4v) is 3.63. The smallest absolute Gasteiger partial charge is 0.230 e. The molecule has 30 heavy (non-hydrogen) atoms. The molecule has 2 heterocycles. The summed E-state index contributed by atoms with van der Waals surface area (Å²) in [5, 5.41) is 16.9. The molecule has 2 aromatic heterocycles. The zero-order valence-corrected chi connectivity index (χ0v) is 17.2. The van der Waals surface area contributed by atoms with Gasteiger partial charge in [-0.3, -0.25) is 9.78 Å². The first-order valence-corrected chi connectivity index (χ1v) is 9.98. The minimum Gasteiger partial charge on any atom is -0.398 e. The minimum atomic E-state index is -0.242. The van der Waals surface area contributed by atoms with Gasteiger partial charge in [0, 0.05) is 35.1 Å². The van der Waals surface area contributed by atoms with Crippen LogP contribution in [0.4, 0.5) is 17.2 Å². The van der Waals surface area contributed by atoms with Gasteiger partial charge in [-0.25, -0.2) is 4.98 Å². The van der Waals surface area contributed by atoms with Crippen LogP contribution in [0.25, 0.3) is 21.9 Å². The second-order valence-electron chi connectivity index (χ2n) is 8.08. The number of carbonyl (C=O) groups is 1. The lowest BCUT2D eigenvalue weighted by Crippen LogP contribution is -2.15. The number of nitrogens with one attached hydrogen (secondary N) is 2. The van der Waals surface area contributed by atoms with Gasteiger partial charge in [-0.05, 0) is 61.9 Å². The number of amides is 1. The lowest BCUT2D eigenvalue weighted by atomic mass is 9.98. The number of anilines is 3. The third-order valence-corrected chi connectivity index (χ3v) is 5.38. The average molecular weight is 400 g/mol. The lowest BCUT2D eigenvalue weighted by Gasteiger charge is -2.16. The van der Waals surface area contributed by atoms with Gasteiger partial charge >= 0.3 is 0 Å². The van der Waals surface area contributed by atoms with Crippen LogP contribution in [0.5, 0.6) is 0 Å². The Labute approximate surface area is 175 Å². The summed E-state index contributed by atoms with van der Waals surface area (Å²) < 4.78 is 0. The quantitative estimate of drug-likeness (QED) is 0.555. The van der Waals surface area contributed by atoms with Crippen molar-refractivity contribution in [2.75, 3.05) is 16.4 Å². The molecule has 0 aliphatic heterocycles. The second kappa shape index (κ2) is 7.64. The number of nitrogens with zero attached hydrogens (tertiary/aromatic N) is 3. The Kier molecular flexibility index (Phi) is 5.00. The van der Waals surface area contributed by atoms with Crippen LogP contribution in [0.3, 0.4) is 0 Å². The van der Waals surface area contributed by atoms with Crippen LogP contribution < -0.4 is 16.4 Å². The Hall–Kier alpha value is -3.66. The van der Waals surface area contributed by atoms with Gasteiger partial charge in [-0.1, -0.05) is 0 Å². The molecule has 152 valence electrons. The first-order chi connectivity index (χ1) is 14.4. The zero-order chi connectivity index (χ0) is 21.4. The minimum absolute atomic E-state index is 0.162. The summed E-state index contributed by atoms with van der Waals surface area (Å²) >= 11 is 0. The molecule has 1 aliphatic rings. The molecule has 1 fully saturated rings. The number of aromatic nitrogens is 2. The van der Waals surface area contributed by atoms with E-state index in [1.807, 2.05) is 30.6 Å². The molecule has 7 heteroatoms. The summed E-state index contributed by atoms with van der Waals surface area (Å²) in [6, 6.07) is 8.20. The van der Waals surface area contributed by atoms with Crippen LogP contribution >= 0.6 is 0 Å². The summed E-state index contributed by atoms with van der Waals surface area (Å²) in [5.41, 5.74) is 10.9. The zero-order valence-electron chi connectivity index (χ0n) is 17.2. The van der Waals surface area contributed by atoms with Crippen molar-refractivity contribution in [1.29, 1.82) is 5.26 Å². The molecule has 4 N–H and O–H groups in total. The number of pyridine rings is 2. The maximum atomic E-state index is 12.3. The second-order valence-corrected chi connectivity index (χ2v) is 8.08. The van der Waals surface area contributed by atoms with Crippen molar-refractivity contribution < 1.29 is 4.79 Å². The topological polar surface area (TPSA) is 117 Å². The fraction of sp³-hybridized carbons (Fsp3) is 0.304. The van der Waals surface area contributed by atoms with Crippen LogP contribution in [0, 0.1) is 30.1 Å². The van der Waals surface area contributed by atoms with E-state index in [0.717, 1.165) is 33.2 Å². The molecule has 2 atom stereocenters. The summed E-state index contributed by atoms with van der Waals surface area (Å²) in [7, 11) is 0. The summed E-state index contributed by atoms with van der Waals surface area (Å²) in [5.74, 6) is -0.133. The van der Waals surface area contributed by atoms with Crippen LogP contribution in [0.1, 0.15) is 25.8 Å². The van der Waals surface area contributed by atoms with E-state index in [-0.39, 0.29) is 17.7 Å². The van der Waals surface area contributed by atoms with E-state index < -0.39 is 0 Å². The van der Waals surface area contributed by atoms with Crippen LogP contribution in [-0.2, 0) is 4.79 Å². The molecule has 1 aromatic carbocycles. The van der Waals surface area contributed by atoms with E-state index in [1.54, 1.807) is 6.20 Å². The Morgan fingerprint density at radius 1 is 1.27 bits per heavy atom. The van der Waals surface area contributed by atoms with Crippen molar-refractivity contribution in [2.45, 2.75) is 33.2 Å². The van der Waals surface area contributed by atoms with Crippen LogP contribution in [0.15, 0.2) is 36.8 Å². The van der Waals surface area contributed by atoms with Gasteiger partial charge in [0.25, 0.3) is 0 Å². The number of carbonyl (C=O) groups excluding carboxylic acids is 1. The predicted molar refractivity (Wildman–Crippen MR) is 119 cm³/mol. The highest BCUT2D eigenvalue weighted by Gasteiger charge is 2.43. The standard InChI is InChI=1S/C23H24N6O/c1-12(2)28-21-11-26-9-18(13(21)3)14-4-15-7-22(27-10-19(15)20(25)6-14)29-23(30)17-5-16(17)8-24/h4,6-7,9-12,16-17,28H,5,25H2,1-3H3,(H,27,29,30)/t16-,17+/m1/s1. The number of nitrogen functional groups attached to an aromatic ring is 1.